The predicted octanol–water partition coefficient (Wildman–Crippen LogP) is 2.88. The number of rotatable bonds is 6. The normalized spacial score (nSPS) is 10.4. The molecule has 0 unspecified atom stereocenters. The van der Waals surface area contributed by atoms with Gasteiger partial charge in [-0.15, -0.1) is 0 Å². The van der Waals surface area contributed by atoms with Crippen LogP contribution in [0.3, 0.4) is 0 Å². The van der Waals surface area contributed by atoms with Crippen LogP contribution in [-0.2, 0) is 9.53 Å². The van der Waals surface area contributed by atoms with Crippen LogP contribution in [0.4, 0.5) is 5.13 Å². The summed E-state index contributed by atoms with van der Waals surface area (Å²) in [5, 5.41) is 2.77. The third-order valence-corrected chi connectivity index (χ3v) is 4.60. The minimum Gasteiger partial charge on any atom is -0.477 e. The molecule has 2 heterocycles. The molecule has 1 N–H and O–H groups in total. The molecular formula is C19H16N2O6S. The molecule has 144 valence electrons. The van der Waals surface area contributed by atoms with Crippen molar-refractivity contribution in [1.82, 2.24) is 4.98 Å². The predicted molar refractivity (Wildman–Crippen MR) is 103 cm³/mol. The summed E-state index contributed by atoms with van der Waals surface area (Å²) in [6.45, 7) is 1.21. The molecule has 28 heavy (non-hydrogen) atoms. The van der Waals surface area contributed by atoms with Crippen LogP contribution in [0.2, 0.25) is 0 Å². The third kappa shape index (κ3) is 4.44. The number of hydrogen-bond acceptors (Lipinski definition) is 8. The Morgan fingerprint density at radius 2 is 2.00 bits per heavy atom. The largest absolute Gasteiger partial charge is 0.477 e. The highest BCUT2D eigenvalue weighted by Crippen LogP contribution is 2.33. The minimum absolute atomic E-state index is 0.0693. The lowest BCUT2D eigenvalue weighted by molar-refractivity contribution is -0.118. The van der Waals surface area contributed by atoms with Crippen molar-refractivity contribution in [3.8, 4) is 16.2 Å². The summed E-state index contributed by atoms with van der Waals surface area (Å²) in [4.78, 5) is 40.6. The molecule has 0 aliphatic carbocycles. The number of thiazole rings is 1. The number of benzene rings is 1. The number of nitrogens with one attached hydrogen (secondary N) is 1. The molecule has 0 saturated carbocycles. The Bertz CT molecular complexity index is 1060. The van der Waals surface area contributed by atoms with Gasteiger partial charge in [-0.3, -0.25) is 14.9 Å². The molecule has 9 heteroatoms. The molecule has 8 nitrogen and oxygen atoms in total. The van der Waals surface area contributed by atoms with Crippen LogP contribution in [0, 0.1) is 6.92 Å². The van der Waals surface area contributed by atoms with Crippen LogP contribution in [0.15, 0.2) is 51.9 Å². The molecule has 2 aromatic heterocycles. The van der Waals surface area contributed by atoms with E-state index < -0.39 is 18.5 Å². The van der Waals surface area contributed by atoms with Crippen molar-refractivity contribution in [1.29, 1.82) is 0 Å². The number of nitrogens with zero attached hydrogens (tertiary/aromatic N) is 1. The summed E-state index contributed by atoms with van der Waals surface area (Å²) < 4.78 is 15.0. The van der Waals surface area contributed by atoms with Crippen molar-refractivity contribution in [2.24, 2.45) is 0 Å². The van der Waals surface area contributed by atoms with Crippen molar-refractivity contribution in [2.45, 2.75) is 6.92 Å². The molecule has 1 aromatic carbocycles. The SMILES string of the molecule is COC(=O)c1nc(NC(=O)COc2coc(C)cc2=O)sc1-c1ccccc1. The van der Waals surface area contributed by atoms with E-state index in [1.54, 1.807) is 6.92 Å². The molecule has 3 aromatic rings. The Morgan fingerprint density at radius 3 is 2.68 bits per heavy atom. The van der Waals surface area contributed by atoms with Gasteiger partial charge in [-0.2, -0.15) is 0 Å². The van der Waals surface area contributed by atoms with Crippen LogP contribution in [0.5, 0.6) is 5.75 Å². The molecule has 0 radical (unpaired) electrons. The lowest BCUT2D eigenvalue weighted by Gasteiger charge is -2.04. The highest BCUT2D eigenvalue weighted by Gasteiger charge is 2.21. The lowest BCUT2D eigenvalue weighted by Crippen LogP contribution is -2.22. The monoisotopic (exact) mass is 400 g/mol. The maximum atomic E-state index is 12.1. The van der Waals surface area contributed by atoms with Crippen LogP contribution in [-0.4, -0.2) is 30.6 Å². The van der Waals surface area contributed by atoms with E-state index in [1.165, 1.54) is 13.2 Å². The molecule has 0 fully saturated rings. The standard InChI is InChI=1S/C19H16N2O6S/c1-11-8-13(22)14(9-26-11)27-10-15(23)20-19-21-16(18(24)25-2)17(28-19)12-6-4-3-5-7-12/h3-9H,10H2,1-2H3,(H,20,21,23). The van der Waals surface area contributed by atoms with Crippen molar-refractivity contribution >= 4 is 28.3 Å². The van der Waals surface area contributed by atoms with Crippen LogP contribution < -0.4 is 15.5 Å². The summed E-state index contributed by atoms with van der Waals surface area (Å²) in [6, 6.07) is 10.4. The quantitative estimate of drug-likeness (QED) is 0.634. The van der Waals surface area contributed by atoms with Gasteiger partial charge in [0.2, 0.25) is 11.2 Å². The summed E-state index contributed by atoms with van der Waals surface area (Å²) in [5.74, 6) is -0.776. The second-order valence-corrected chi connectivity index (χ2v) is 6.61. The van der Waals surface area contributed by atoms with Crippen LogP contribution in [0.1, 0.15) is 16.2 Å². The summed E-state index contributed by atoms with van der Waals surface area (Å²) in [6.07, 6.45) is 1.15. The Hall–Kier alpha value is -3.46. The fraction of sp³-hybridized carbons (Fsp3) is 0.158. The fourth-order valence-electron chi connectivity index (χ4n) is 2.29. The van der Waals surface area contributed by atoms with Gasteiger partial charge in [0.15, 0.2) is 17.4 Å². The van der Waals surface area contributed by atoms with Gasteiger partial charge in [0, 0.05) is 6.07 Å². The van der Waals surface area contributed by atoms with E-state index >= 15 is 0 Å². The first-order valence-electron chi connectivity index (χ1n) is 8.14. The maximum absolute atomic E-state index is 12.1. The smallest absolute Gasteiger partial charge is 0.358 e. The maximum Gasteiger partial charge on any atom is 0.358 e. The zero-order chi connectivity index (χ0) is 20.1. The summed E-state index contributed by atoms with van der Waals surface area (Å²) >= 11 is 1.13. The second-order valence-electron chi connectivity index (χ2n) is 5.61. The van der Waals surface area contributed by atoms with E-state index in [4.69, 9.17) is 13.9 Å². The van der Waals surface area contributed by atoms with Gasteiger partial charge in [-0.25, -0.2) is 9.78 Å². The first kappa shape index (κ1) is 19.3. The van der Waals surface area contributed by atoms with Crippen LogP contribution in [0.25, 0.3) is 10.4 Å². The van der Waals surface area contributed by atoms with Crippen molar-refractivity contribution in [3.05, 3.63) is 64.3 Å². The second kappa shape index (κ2) is 8.49. The van der Waals surface area contributed by atoms with Gasteiger partial charge in [0.1, 0.15) is 12.0 Å². The highest BCUT2D eigenvalue weighted by atomic mass is 32.1. The summed E-state index contributed by atoms with van der Waals surface area (Å²) in [7, 11) is 1.26. The van der Waals surface area contributed by atoms with E-state index in [2.05, 4.69) is 10.3 Å². The average Bonchev–Trinajstić information content (AvgIpc) is 3.11. The number of ether oxygens (including phenoxy) is 2. The number of carbonyl (C=O) groups excluding carboxylic acids is 2. The number of amides is 1. The number of hydrogen-bond donors (Lipinski definition) is 1. The van der Waals surface area contributed by atoms with Crippen molar-refractivity contribution in [3.63, 3.8) is 0 Å². The molecule has 0 aliphatic heterocycles. The Morgan fingerprint density at radius 1 is 1.25 bits per heavy atom. The zero-order valence-electron chi connectivity index (χ0n) is 15.1. The van der Waals surface area contributed by atoms with Crippen molar-refractivity contribution < 1.29 is 23.5 Å². The fourth-order valence-corrected chi connectivity index (χ4v) is 3.27. The Balaban J connectivity index is 1.74. The number of anilines is 1. The van der Waals surface area contributed by atoms with E-state index in [1.807, 2.05) is 30.3 Å². The van der Waals surface area contributed by atoms with E-state index in [0.29, 0.717) is 10.6 Å². The molecular weight excluding hydrogens is 384 g/mol. The topological polar surface area (TPSA) is 108 Å². The van der Waals surface area contributed by atoms with Gasteiger partial charge < -0.3 is 13.9 Å². The molecule has 3 rings (SSSR count). The number of aryl methyl sites for hydroxylation is 1. The average molecular weight is 400 g/mol. The zero-order valence-corrected chi connectivity index (χ0v) is 15.9. The number of esters is 1. The number of carbonyl (C=O) groups is 2. The first-order valence-corrected chi connectivity index (χ1v) is 8.96. The molecule has 0 saturated heterocycles. The first-order chi connectivity index (χ1) is 13.5. The molecule has 0 spiro atoms. The molecule has 1 amide bonds. The van der Waals surface area contributed by atoms with Gasteiger partial charge >= 0.3 is 5.97 Å². The molecule has 0 bridgehead atoms. The molecule has 0 atom stereocenters. The Labute approximate surface area is 163 Å². The van der Waals surface area contributed by atoms with Crippen LogP contribution >= 0.6 is 11.3 Å². The van der Waals surface area contributed by atoms with E-state index in [0.717, 1.165) is 23.2 Å². The summed E-state index contributed by atoms with van der Waals surface area (Å²) in [5.41, 5.74) is 0.494. The van der Waals surface area contributed by atoms with Gasteiger partial charge in [0.05, 0.1) is 12.0 Å². The van der Waals surface area contributed by atoms with Gasteiger partial charge in [0.25, 0.3) is 5.91 Å². The van der Waals surface area contributed by atoms with Gasteiger partial charge in [-0.1, -0.05) is 41.7 Å². The van der Waals surface area contributed by atoms with E-state index in [9.17, 15) is 14.4 Å². The van der Waals surface area contributed by atoms with Crippen molar-refractivity contribution in [2.75, 3.05) is 19.0 Å². The van der Waals surface area contributed by atoms with E-state index in [-0.39, 0.29) is 22.0 Å². The van der Waals surface area contributed by atoms with Gasteiger partial charge in [-0.05, 0) is 12.5 Å². The Kier molecular flexibility index (Phi) is 5.85. The number of methoxy groups -OCH3 is 1. The third-order valence-electron chi connectivity index (χ3n) is 3.58. The highest BCUT2D eigenvalue weighted by molar-refractivity contribution is 7.19. The number of aromatic nitrogens is 1. The lowest BCUT2D eigenvalue weighted by atomic mass is 10.1. The molecule has 0 aliphatic rings. The minimum atomic E-state index is -0.607.